The van der Waals surface area contributed by atoms with Crippen molar-refractivity contribution in [2.75, 3.05) is 6.61 Å². The molecule has 120 valence electrons. The van der Waals surface area contributed by atoms with E-state index in [1.165, 1.54) is 12.3 Å². The Bertz CT molecular complexity index is 739. The average molecular weight is 312 g/mol. The molecule has 23 heavy (non-hydrogen) atoms. The molecule has 0 heterocycles. The number of hydrogen-bond donors (Lipinski definition) is 2. The van der Waals surface area contributed by atoms with Crippen molar-refractivity contribution in [3.05, 3.63) is 58.7 Å². The molecule has 0 unspecified atom stereocenters. The van der Waals surface area contributed by atoms with E-state index in [0.29, 0.717) is 23.5 Å². The summed E-state index contributed by atoms with van der Waals surface area (Å²) in [4.78, 5) is 12.0. The number of phenols is 1. The highest BCUT2D eigenvalue weighted by Crippen LogP contribution is 2.26. The highest BCUT2D eigenvalue weighted by molar-refractivity contribution is 5.95. The molecule has 2 aromatic carbocycles. The molecule has 0 bridgehead atoms. The van der Waals surface area contributed by atoms with Gasteiger partial charge in [-0.2, -0.15) is 5.10 Å². The molecule has 5 nitrogen and oxygen atoms in total. The Morgan fingerprint density at radius 1 is 1.22 bits per heavy atom. The minimum Gasteiger partial charge on any atom is -0.504 e. The van der Waals surface area contributed by atoms with Gasteiger partial charge in [0.25, 0.3) is 5.91 Å². The van der Waals surface area contributed by atoms with E-state index in [1.807, 2.05) is 32.9 Å². The van der Waals surface area contributed by atoms with Gasteiger partial charge in [0.2, 0.25) is 0 Å². The summed E-state index contributed by atoms with van der Waals surface area (Å²) in [5.74, 6) is 0.188. The summed E-state index contributed by atoms with van der Waals surface area (Å²) in [5, 5.41) is 13.6. The molecule has 2 rings (SSSR count). The Morgan fingerprint density at radius 3 is 2.70 bits per heavy atom. The fraction of sp³-hybridized carbons (Fsp3) is 0.222. The maximum absolute atomic E-state index is 12.0. The maximum Gasteiger partial charge on any atom is 0.271 e. The van der Waals surface area contributed by atoms with Crippen LogP contribution in [-0.4, -0.2) is 23.8 Å². The zero-order valence-corrected chi connectivity index (χ0v) is 13.5. The lowest BCUT2D eigenvalue weighted by atomic mass is 10.1. The molecule has 0 aromatic heterocycles. The van der Waals surface area contributed by atoms with E-state index < -0.39 is 0 Å². The number of ether oxygens (including phenoxy) is 1. The second-order valence-electron chi connectivity index (χ2n) is 5.16. The van der Waals surface area contributed by atoms with Gasteiger partial charge in [-0.1, -0.05) is 6.07 Å². The minimum absolute atomic E-state index is 0.0724. The highest BCUT2D eigenvalue weighted by Gasteiger charge is 2.05. The maximum atomic E-state index is 12.0. The van der Waals surface area contributed by atoms with Crippen LogP contribution in [-0.2, 0) is 0 Å². The summed E-state index contributed by atoms with van der Waals surface area (Å²) in [6.07, 6.45) is 1.50. The van der Waals surface area contributed by atoms with Gasteiger partial charge in [0.15, 0.2) is 11.5 Å². The number of benzene rings is 2. The van der Waals surface area contributed by atoms with Crippen molar-refractivity contribution in [1.29, 1.82) is 0 Å². The number of aryl methyl sites for hydroxylation is 2. The SMILES string of the molecule is CCOc1cc(C=NNC(=O)c2ccc(C)c(C)c2)ccc1O. The number of carbonyl (C=O) groups excluding carboxylic acids is 1. The van der Waals surface area contributed by atoms with Gasteiger partial charge in [-0.05, 0) is 67.8 Å². The molecule has 0 radical (unpaired) electrons. The third kappa shape index (κ3) is 4.32. The van der Waals surface area contributed by atoms with Gasteiger partial charge in [0.05, 0.1) is 12.8 Å². The van der Waals surface area contributed by atoms with Crippen molar-refractivity contribution in [1.82, 2.24) is 5.43 Å². The molecule has 0 saturated carbocycles. The van der Waals surface area contributed by atoms with Crippen LogP contribution in [0.2, 0.25) is 0 Å². The number of hydrazone groups is 1. The third-order valence-electron chi connectivity index (χ3n) is 3.43. The van der Waals surface area contributed by atoms with Gasteiger partial charge in [0, 0.05) is 5.56 Å². The summed E-state index contributed by atoms with van der Waals surface area (Å²) in [6.45, 7) is 6.25. The first kappa shape index (κ1) is 16.5. The second kappa shape index (κ2) is 7.45. The van der Waals surface area contributed by atoms with Crippen LogP contribution in [0.3, 0.4) is 0 Å². The number of aromatic hydroxyl groups is 1. The Morgan fingerprint density at radius 2 is 2.00 bits per heavy atom. The van der Waals surface area contributed by atoms with E-state index in [2.05, 4.69) is 10.5 Å². The van der Waals surface area contributed by atoms with Gasteiger partial charge in [-0.25, -0.2) is 5.43 Å². The molecule has 0 fully saturated rings. The van der Waals surface area contributed by atoms with E-state index in [0.717, 1.165) is 11.1 Å². The van der Waals surface area contributed by atoms with Crippen LogP contribution in [0.25, 0.3) is 0 Å². The Kier molecular flexibility index (Phi) is 5.36. The van der Waals surface area contributed by atoms with Crippen LogP contribution in [0.4, 0.5) is 0 Å². The summed E-state index contributed by atoms with van der Waals surface area (Å²) in [6, 6.07) is 10.4. The lowest BCUT2D eigenvalue weighted by molar-refractivity contribution is 0.0955. The summed E-state index contributed by atoms with van der Waals surface area (Å²) in [7, 11) is 0. The van der Waals surface area contributed by atoms with Crippen LogP contribution in [0, 0.1) is 13.8 Å². The number of phenolic OH excluding ortho intramolecular Hbond substituents is 1. The van der Waals surface area contributed by atoms with Crippen LogP contribution in [0.5, 0.6) is 11.5 Å². The topological polar surface area (TPSA) is 70.9 Å². The molecule has 0 saturated heterocycles. The van der Waals surface area contributed by atoms with Crippen molar-refractivity contribution >= 4 is 12.1 Å². The average Bonchev–Trinajstić information content (AvgIpc) is 2.53. The smallest absolute Gasteiger partial charge is 0.271 e. The zero-order chi connectivity index (χ0) is 16.8. The standard InChI is InChI=1S/C18H20N2O3/c1-4-23-17-10-14(6-8-16(17)21)11-19-20-18(22)15-7-5-12(2)13(3)9-15/h5-11,21H,4H2,1-3H3,(H,20,22). The molecule has 0 atom stereocenters. The molecule has 2 aromatic rings. The normalized spacial score (nSPS) is 10.7. The number of carbonyl (C=O) groups is 1. The predicted molar refractivity (Wildman–Crippen MR) is 90.3 cm³/mol. The van der Waals surface area contributed by atoms with E-state index in [9.17, 15) is 9.90 Å². The van der Waals surface area contributed by atoms with Gasteiger partial charge in [0.1, 0.15) is 0 Å². The van der Waals surface area contributed by atoms with Gasteiger partial charge in [-0.3, -0.25) is 4.79 Å². The highest BCUT2D eigenvalue weighted by atomic mass is 16.5. The number of hydrogen-bond acceptors (Lipinski definition) is 4. The van der Waals surface area contributed by atoms with Crippen LogP contribution in [0.15, 0.2) is 41.5 Å². The van der Waals surface area contributed by atoms with Gasteiger partial charge >= 0.3 is 0 Å². The quantitative estimate of drug-likeness (QED) is 0.658. The van der Waals surface area contributed by atoms with Crippen LogP contribution >= 0.6 is 0 Å². The molecule has 2 N–H and O–H groups in total. The van der Waals surface area contributed by atoms with E-state index >= 15 is 0 Å². The van der Waals surface area contributed by atoms with E-state index in [4.69, 9.17) is 4.74 Å². The number of nitrogens with zero attached hydrogens (tertiary/aromatic N) is 1. The van der Waals surface area contributed by atoms with Crippen molar-refractivity contribution < 1.29 is 14.6 Å². The fourth-order valence-electron chi connectivity index (χ4n) is 1.99. The Labute approximate surface area is 135 Å². The molecule has 0 aliphatic rings. The van der Waals surface area contributed by atoms with Crippen molar-refractivity contribution in [2.45, 2.75) is 20.8 Å². The van der Waals surface area contributed by atoms with Crippen LogP contribution in [0.1, 0.15) is 34.0 Å². The van der Waals surface area contributed by atoms with E-state index in [1.54, 1.807) is 18.2 Å². The van der Waals surface area contributed by atoms with Crippen molar-refractivity contribution in [2.24, 2.45) is 5.10 Å². The molecule has 0 aliphatic heterocycles. The fourth-order valence-corrected chi connectivity index (χ4v) is 1.99. The Balaban J connectivity index is 2.04. The summed E-state index contributed by atoms with van der Waals surface area (Å²) in [5.41, 5.74) is 5.96. The predicted octanol–water partition coefficient (Wildman–Crippen LogP) is 3.17. The second-order valence-corrected chi connectivity index (χ2v) is 5.16. The van der Waals surface area contributed by atoms with Crippen molar-refractivity contribution in [3.63, 3.8) is 0 Å². The largest absolute Gasteiger partial charge is 0.504 e. The first-order valence-electron chi connectivity index (χ1n) is 7.37. The summed E-state index contributed by atoms with van der Waals surface area (Å²) >= 11 is 0. The first-order valence-corrected chi connectivity index (χ1v) is 7.37. The first-order chi connectivity index (χ1) is 11.0. The number of nitrogens with one attached hydrogen (secondary N) is 1. The Hall–Kier alpha value is -2.82. The van der Waals surface area contributed by atoms with Crippen LogP contribution < -0.4 is 10.2 Å². The third-order valence-corrected chi connectivity index (χ3v) is 3.43. The number of amides is 1. The number of rotatable bonds is 5. The molecular weight excluding hydrogens is 292 g/mol. The minimum atomic E-state index is -0.270. The summed E-state index contributed by atoms with van der Waals surface area (Å²) < 4.78 is 5.30. The molecule has 5 heteroatoms. The van der Waals surface area contributed by atoms with Crippen molar-refractivity contribution in [3.8, 4) is 11.5 Å². The van der Waals surface area contributed by atoms with Gasteiger partial charge in [-0.15, -0.1) is 0 Å². The molecule has 1 amide bonds. The lowest BCUT2D eigenvalue weighted by Gasteiger charge is -2.06. The lowest BCUT2D eigenvalue weighted by Crippen LogP contribution is -2.17. The molecule has 0 spiro atoms. The van der Waals surface area contributed by atoms with E-state index in [-0.39, 0.29) is 11.7 Å². The molecular formula is C18H20N2O3. The molecule has 0 aliphatic carbocycles. The monoisotopic (exact) mass is 312 g/mol. The van der Waals surface area contributed by atoms with Gasteiger partial charge < -0.3 is 9.84 Å². The zero-order valence-electron chi connectivity index (χ0n) is 13.5.